The third-order valence-electron chi connectivity index (χ3n) is 4.04. The van der Waals surface area contributed by atoms with E-state index in [1.165, 1.54) is 46.3 Å². The quantitative estimate of drug-likeness (QED) is 0.768. The Balaban J connectivity index is 1.69. The van der Waals surface area contributed by atoms with Gasteiger partial charge in [0.05, 0.1) is 22.7 Å². The molecule has 0 bridgehead atoms. The second kappa shape index (κ2) is 4.14. The van der Waals surface area contributed by atoms with Crippen molar-refractivity contribution >= 4 is 34.0 Å². The summed E-state index contributed by atoms with van der Waals surface area (Å²) in [7, 11) is 0. The number of aliphatic imine (C=N–C) groups is 1. The molecule has 1 aliphatic carbocycles. The van der Waals surface area contributed by atoms with Crippen LogP contribution in [0.3, 0.4) is 0 Å². The lowest BCUT2D eigenvalue weighted by molar-refractivity contribution is 0.306. The van der Waals surface area contributed by atoms with Crippen LogP contribution in [0, 0.1) is 6.92 Å². The van der Waals surface area contributed by atoms with E-state index < -0.39 is 0 Å². The Hall–Kier alpha value is -0.740. The number of hydrogen-bond donors (Lipinski definition) is 0. The van der Waals surface area contributed by atoms with Crippen LogP contribution in [0.1, 0.15) is 35.4 Å². The molecule has 1 aromatic heterocycles. The first-order valence-corrected chi connectivity index (χ1v) is 8.33. The first kappa shape index (κ1) is 11.1. The van der Waals surface area contributed by atoms with Gasteiger partial charge in [0.1, 0.15) is 0 Å². The Labute approximate surface area is 116 Å². The molecule has 0 unspecified atom stereocenters. The van der Waals surface area contributed by atoms with Gasteiger partial charge in [-0.2, -0.15) is 0 Å². The van der Waals surface area contributed by atoms with E-state index in [-0.39, 0.29) is 0 Å². The van der Waals surface area contributed by atoms with E-state index in [0.717, 1.165) is 0 Å². The average molecular weight is 276 g/mol. The summed E-state index contributed by atoms with van der Waals surface area (Å²) in [5.74, 6) is 0. The number of thiophene rings is 1. The summed E-state index contributed by atoms with van der Waals surface area (Å²) in [5.41, 5.74) is 1.39. The van der Waals surface area contributed by atoms with Crippen LogP contribution < -0.4 is 0 Å². The number of aryl methyl sites for hydroxylation is 1. The zero-order valence-electron chi connectivity index (χ0n) is 10.4. The van der Waals surface area contributed by atoms with Crippen LogP contribution in [-0.4, -0.2) is 22.2 Å². The molecule has 3 heterocycles. The molecule has 2 atom stereocenters. The molecular weight excluding hydrogens is 260 g/mol. The standard InChI is InChI=1S/C14H16N2S2/c1-9-6-7-13(18-9)12-8-17-14-15-10-4-2-3-5-11(10)16(12)14/h6-8,10-11H,2-5H2,1H3/t10-,11+/m1/s1. The third-order valence-corrected chi connectivity index (χ3v) is 5.91. The maximum atomic E-state index is 4.91. The highest BCUT2D eigenvalue weighted by Gasteiger charge is 2.42. The van der Waals surface area contributed by atoms with Crippen molar-refractivity contribution < 1.29 is 0 Å². The molecule has 0 N–H and O–H groups in total. The molecule has 18 heavy (non-hydrogen) atoms. The highest BCUT2D eigenvalue weighted by atomic mass is 32.2. The van der Waals surface area contributed by atoms with Crippen LogP contribution in [0.4, 0.5) is 0 Å². The zero-order valence-corrected chi connectivity index (χ0v) is 12.1. The number of nitrogens with zero attached hydrogens (tertiary/aromatic N) is 2. The van der Waals surface area contributed by atoms with Crippen molar-refractivity contribution in [3.8, 4) is 0 Å². The van der Waals surface area contributed by atoms with E-state index in [1.807, 2.05) is 23.1 Å². The van der Waals surface area contributed by atoms with Gasteiger partial charge in [-0.1, -0.05) is 24.6 Å². The SMILES string of the molecule is Cc1ccc(C2=CSC3=N[C@@H]4CCCC[C@@H]4N23)s1. The minimum atomic E-state index is 0.561. The van der Waals surface area contributed by atoms with Gasteiger partial charge in [0, 0.05) is 10.3 Å². The average Bonchev–Trinajstić information content (AvgIpc) is 3.02. The van der Waals surface area contributed by atoms with E-state index in [9.17, 15) is 0 Å². The number of thioether (sulfide) groups is 1. The Kier molecular flexibility index (Phi) is 2.55. The van der Waals surface area contributed by atoms with Crippen molar-refractivity contribution in [3.05, 3.63) is 27.3 Å². The predicted octanol–water partition coefficient (Wildman–Crippen LogP) is 4.08. The normalized spacial score (nSPS) is 29.9. The number of hydrogen-bond acceptors (Lipinski definition) is 4. The summed E-state index contributed by atoms with van der Waals surface area (Å²) in [6, 6.07) is 5.67. The summed E-state index contributed by atoms with van der Waals surface area (Å²) < 4.78 is 0. The summed E-state index contributed by atoms with van der Waals surface area (Å²) >= 11 is 3.71. The fourth-order valence-corrected chi connectivity index (χ4v) is 5.13. The fourth-order valence-electron chi connectivity index (χ4n) is 3.17. The number of rotatable bonds is 1. The van der Waals surface area contributed by atoms with Crippen LogP contribution in [0.25, 0.3) is 5.70 Å². The Morgan fingerprint density at radius 2 is 2.17 bits per heavy atom. The van der Waals surface area contributed by atoms with Crippen LogP contribution >= 0.6 is 23.1 Å². The predicted molar refractivity (Wildman–Crippen MR) is 79.9 cm³/mol. The van der Waals surface area contributed by atoms with Gasteiger partial charge in [-0.15, -0.1) is 11.3 Å². The molecular formula is C14H16N2S2. The zero-order chi connectivity index (χ0) is 12.1. The first-order valence-electron chi connectivity index (χ1n) is 6.63. The van der Waals surface area contributed by atoms with Crippen molar-refractivity contribution in [2.45, 2.75) is 44.7 Å². The van der Waals surface area contributed by atoms with Gasteiger partial charge in [0.2, 0.25) is 0 Å². The van der Waals surface area contributed by atoms with Gasteiger partial charge in [-0.3, -0.25) is 4.99 Å². The molecule has 0 spiro atoms. The molecule has 0 radical (unpaired) electrons. The first-order chi connectivity index (χ1) is 8.83. The lowest BCUT2D eigenvalue weighted by Crippen LogP contribution is -2.37. The minimum absolute atomic E-state index is 0.561. The molecule has 1 saturated carbocycles. The Morgan fingerprint density at radius 3 is 3.00 bits per heavy atom. The molecule has 2 aliphatic heterocycles. The summed E-state index contributed by atoms with van der Waals surface area (Å²) in [5, 5.41) is 3.53. The Morgan fingerprint density at radius 1 is 1.28 bits per heavy atom. The van der Waals surface area contributed by atoms with E-state index in [2.05, 4.69) is 29.4 Å². The van der Waals surface area contributed by atoms with E-state index >= 15 is 0 Å². The summed E-state index contributed by atoms with van der Waals surface area (Å²) in [4.78, 5) is 10.2. The lowest BCUT2D eigenvalue weighted by atomic mass is 9.90. The van der Waals surface area contributed by atoms with Gasteiger partial charge in [-0.25, -0.2) is 0 Å². The smallest absolute Gasteiger partial charge is 0.168 e. The molecule has 94 valence electrons. The molecule has 1 aromatic rings. The van der Waals surface area contributed by atoms with Crippen molar-refractivity contribution in [1.29, 1.82) is 0 Å². The van der Waals surface area contributed by atoms with Crippen molar-refractivity contribution in [1.82, 2.24) is 4.90 Å². The monoisotopic (exact) mass is 276 g/mol. The topological polar surface area (TPSA) is 15.6 Å². The van der Waals surface area contributed by atoms with Crippen LogP contribution in [-0.2, 0) is 0 Å². The Bertz CT molecular complexity index is 544. The van der Waals surface area contributed by atoms with Crippen molar-refractivity contribution in [3.63, 3.8) is 0 Å². The van der Waals surface area contributed by atoms with Crippen LogP contribution in [0.5, 0.6) is 0 Å². The fraction of sp³-hybridized carbons (Fsp3) is 0.500. The molecule has 0 amide bonds. The second-order valence-electron chi connectivity index (χ2n) is 5.23. The number of amidine groups is 1. The van der Waals surface area contributed by atoms with Crippen LogP contribution in [0.15, 0.2) is 22.5 Å². The van der Waals surface area contributed by atoms with Crippen molar-refractivity contribution in [2.75, 3.05) is 0 Å². The molecule has 0 aromatic carbocycles. The molecule has 1 fully saturated rings. The lowest BCUT2D eigenvalue weighted by Gasteiger charge is -2.31. The molecule has 0 saturated heterocycles. The minimum Gasteiger partial charge on any atom is -0.314 e. The number of fused-ring (bicyclic) bond motifs is 3. The maximum Gasteiger partial charge on any atom is 0.168 e. The summed E-state index contributed by atoms with van der Waals surface area (Å²) in [6.07, 6.45) is 5.30. The van der Waals surface area contributed by atoms with Gasteiger partial charge in [-0.05, 0) is 31.9 Å². The molecule has 2 nitrogen and oxygen atoms in total. The molecule has 3 aliphatic rings. The third kappa shape index (κ3) is 1.58. The van der Waals surface area contributed by atoms with E-state index in [4.69, 9.17) is 4.99 Å². The van der Waals surface area contributed by atoms with E-state index in [1.54, 1.807) is 0 Å². The van der Waals surface area contributed by atoms with Gasteiger partial charge < -0.3 is 4.90 Å². The highest BCUT2D eigenvalue weighted by molar-refractivity contribution is 8.16. The maximum absolute atomic E-state index is 4.91. The summed E-state index contributed by atoms with van der Waals surface area (Å²) in [6.45, 7) is 2.18. The molecule has 4 rings (SSSR count). The van der Waals surface area contributed by atoms with E-state index in [0.29, 0.717) is 12.1 Å². The van der Waals surface area contributed by atoms with Crippen molar-refractivity contribution in [2.24, 2.45) is 4.99 Å². The van der Waals surface area contributed by atoms with Gasteiger partial charge >= 0.3 is 0 Å². The van der Waals surface area contributed by atoms with Crippen LogP contribution in [0.2, 0.25) is 0 Å². The van der Waals surface area contributed by atoms with Gasteiger partial charge in [0.25, 0.3) is 0 Å². The highest BCUT2D eigenvalue weighted by Crippen LogP contribution is 2.45. The van der Waals surface area contributed by atoms with Gasteiger partial charge in [0.15, 0.2) is 5.17 Å². The largest absolute Gasteiger partial charge is 0.314 e. The molecule has 4 heteroatoms. The second-order valence-corrected chi connectivity index (χ2v) is 7.36.